The maximum absolute atomic E-state index is 12.1. The molecule has 0 aliphatic heterocycles. The van der Waals surface area contributed by atoms with Crippen molar-refractivity contribution in [3.8, 4) is 0 Å². The Kier molecular flexibility index (Phi) is 4.11. The Morgan fingerprint density at radius 3 is 2.58 bits per heavy atom. The van der Waals surface area contributed by atoms with Crippen LogP contribution in [-0.2, 0) is 16.6 Å². The summed E-state index contributed by atoms with van der Waals surface area (Å²) in [5, 5.41) is 3.02. The maximum atomic E-state index is 12.1. The minimum absolute atomic E-state index is 0.0598. The summed E-state index contributed by atoms with van der Waals surface area (Å²) in [5.41, 5.74) is 7.06. The first-order valence-corrected chi connectivity index (χ1v) is 7.89. The largest absolute Gasteiger partial charge is 0.330 e. The van der Waals surface area contributed by atoms with E-state index in [4.69, 9.17) is 5.73 Å². The first-order chi connectivity index (χ1) is 8.85. The Hall–Kier alpha value is -0.740. The van der Waals surface area contributed by atoms with Crippen LogP contribution in [0.15, 0.2) is 5.38 Å². The van der Waals surface area contributed by atoms with Gasteiger partial charge in [0.15, 0.2) is 0 Å². The van der Waals surface area contributed by atoms with Crippen LogP contribution in [0.25, 0.3) is 0 Å². The molecule has 3 nitrogen and oxygen atoms in total. The summed E-state index contributed by atoms with van der Waals surface area (Å²) in [6.07, 6.45) is 4.55. The van der Waals surface area contributed by atoms with E-state index >= 15 is 0 Å². The molecule has 2 rings (SSSR count). The lowest BCUT2D eigenvalue weighted by atomic mass is 9.66. The molecule has 1 aromatic heterocycles. The zero-order chi connectivity index (χ0) is 14.1. The number of carbonyl (C=O) groups is 1. The molecule has 1 heterocycles. The molecular formula is C15H24N2OS. The smallest absolute Gasteiger partial charge is 0.140 e. The number of hydrogen-bond donors (Lipinski definition) is 1. The Labute approximate surface area is 119 Å². The third-order valence-electron chi connectivity index (χ3n) is 4.09. The van der Waals surface area contributed by atoms with Gasteiger partial charge in [-0.3, -0.25) is 4.79 Å². The zero-order valence-electron chi connectivity index (χ0n) is 12.2. The molecule has 0 unspecified atom stereocenters. The highest BCUT2D eigenvalue weighted by Gasteiger charge is 2.37. The first-order valence-electron chi connectivity index (χ1n) is 7.01. The van der Waals surface area contributed by atoms with E-state index in [0.717, 1.165) is 23.5 Å². The van der Waals surface area contributed by atoms with Gasteiger partial charge >= 0.3 is 0 Å². The molecule has 0 amide bonds. The van der Waals surface area contributed by atoms with E-state index in [1.165, 1.54) is 6.42 Å². The topological polar surface area (TPSA) is 56.0 Å². The lowest BCUT2D eigenvalue weighted by Crippen LogP contribution is -2.39. The molecule has 0 saturated heterocycles. The fourth-order valence-corrected chi connectivity index (χ4v) is 3.57. The molecule has 1 fully saturated rings. The summed E-state index contributed by atoms with van der Waals surface area (Å²) in [4.78, 5) is 16.7. The number of nitrogens with zero attached hydrogens (tertiary/aromatic N) is 1. The van der Waals surface area contributed by atoms with Gasteiger partial charge in [0.05, 0.1) is 12.1 Å². The van der Waals surface area contributed by atoms with Crippen LogP contribution >= 0.6 is 11.3 Å². The van der Waals surface area contributed by atoms with Gasteiger partial charge in [0.2, 0.25) is 0 Å². The summed E-state index contributed by atoms with van der Waals surface area (Å²) >= 11 is 1.60. The van der Waals surface area contributed by atoms with Crippen LogP contribution in [0.5, 0.6) is 0 Å². The second-order valence-corrected chi connectivity index (χ2v) is 7.77. The fraction of sp³-hybridized carbons (Fsp3) is 0.733. The molecule has 2 N–H and O–H groups in total. The number of carbonyl (C=O) groups excluding carboxylic acids is 1. The SMILES string of the molecule is CC(C)(C)c1csc(CC(=O)CC2(CN)CCC2)n1. The van der Waals surface area contributed by atoms with Crippen LogP contribution in [0.4, 0.5) is 0 Å². The number of Topliss-reactive ketones (excluding diaryl/α,β-unsaturated/α-hetero) is 1. The van der Waals surface area contributed by atoms with Gasteiger partial charge in [-0.15, -0.1) is 11.3 Å². The van der Waals surface area contributed by atoms with E-state index in [0.29, 0.717) is 25.2 Å². The van der Waals surface area contributed by atoms with Crippen LogP contribution in [-0.4, -0.2) is 17.3 Å². The average Bonchev–Trinajstić information content (AvgIpc) is 2.71. The third kappa shape index (κ3) is 3.42. The van der Waals surface area contributed by atoms with Crippen molar-refractivity contribution in [1.29, 1.82) is 0 Å². The molecule has 4 heteroatoms. The van der Waals surface area contributed by atoms with Gasteiger partial charge in [0.1, 0.15) is 10.8 Å². The van der Waals surface area contributed by atoms with Gasteiger partial charge in [-0.1, -0.05) is 27.2 Å². The van der Waals surface area contributed by atoms with E-state index < -0.39 is 0 Å². The average molecular weight is 280 g/mol. The first kappa shape index (κ1) is 14.7. The molecule has 1 aliphatic carbocycles. The van der Waals surface area contributed by atoms with E-state index in [1.807, 2.05) is 0 Å². The molecule has 19 heavy (non-hydrogen) atoms. The lowest BCUT2D eigenvalue weighted by Gasteiger charge is -2.40. The van der Waals surface area contributed by atoms with E-state index in [2.05, 4.69) is 31.1 Å². The van der Waals surface area contributed by atoms with E-state index in [9.17, 15) is 4.79 Å². The molecule has 0 radical (unpaired) electrons. The summed E-state index contributed by atoms with van der Waals surface area (Å²) in [5.74, 6) is 0.292. The highest BCUT2D eigenvalue weighted by Crippen LogP contribution is 2.43. The van der Waals surface area contributed by atoms with Crippen molar-refractivity contribution in [2.45, 2.75) is 58.3 Å². The molecule has 0 atom stereocenters. The van der Waals surface area contributed by atoms with Gasteiger partial charge in [0, 0.05) is 17.2 Å². The Morgan fingerprint density at radius 1 is 1.47 bits per heavy atom. The molecule has 1 saturated carbocycles. The van der Waals surface area contributed by atoms with Crippen molar-refractivity contribution in [1.82, 2.24) is 4.98 Å². The summed E-state index contributed by atoms with van der Waals surface area (Å²) in [6.45, 7) is 7.08. The van der Waals surface area contributed by atoms with Crippen LogP contribution in [0.2, 0.25) is 0 Å². The predicted octanol–water partition coefficient (Wildman–Crippen LogP) is 3.07. The summed E-state index contributed by atoms with van der Waals surface area (Å²) in [6, 6.07) is 0. The zero-order valence-corrected chi connectivity index (χ0v) is 13.0. The molecule has 1 aromatic rings. The molecular weight excluding hydrogens is 256 g/mol. The van der Waals surface area contributed by atoms with Crippen LogP contribution in [0, 0.1) is 5.41 Å². The Balaban J connectivity index is 1.94. The molecule has 106 valence electrons. The number of hydrogen-bond acceptors (Lipinski definition) is 4. The van der Waals surface area contributed by atoms with Crippen molar-refractivity contribution in [2.24, 2.45) is 11.1 Å². The highest BCUT2D eigenvalue weighted by molar-refractivity contribution is 7.09. The van der Waals surface area contributed by atoms with E-state index in [-0.39, 0.29) is 10.8 Å². The van der Waals surface area contributed by atoms with Crippen molar-refractivity contribution < 1.29 is 4.79 Å². The van der Waals surface area contributed by atoms with Gasteiger partial charge in [0.25, 0.3) is 0 Å². The molecule has 0 bridgehead atoms. The van der Waals surface area contributed by atoms with Gasteiger partial charge in [-0.05, 0) is 24.8 Å². The van der Waals surface area contributed by atoms with Crippen molar-refractivity contribution in [2.75, 3.05) is 6.54 Å². The predicted molar refractivity (Wildman–Crippen MR) is 79.5 cm³/mol. The molecule has 0 spiro atoms. The van der Waals surface area contributed by atoms with E-state index in [1.54, 1.807) is 11.3 Å². The van der Waals surface area contributed by atoms with Crippen molar-refractivity contribution in [3.05, 3.63) is 16.1 Å². The van der Waals surface area contributed by atoms with Crippen LogP contribution < -0.4 is 5.73 Å². The Morgan fingerprint density at radius 2 is 2.16 bits per heavy atom. The van der Waals surface area contributed by atoms with Gasteiger partial charge in [-0.2, -0.15) is 0 Å². The Bertz CT molecular complexity index is 449. The second-order valence-electron chi connectivity index (χ2n) is 6.83. The molecule has 1 aliphatic rings. The van der Waals surface area contributed by atoms with Crippen molar-refractivity contribution >= 4 is 17.1 Å². The number of thiazole rings is 1. The lowest BCUT2D eigenvalue weighted by molar-refractivity contribution is -0.122. The summed E-state index contributed by atoms with van der Waals surface area (Å²) in [7, 11) is 0. The van der Waals surface area contributed by atoms with Gasteiger partial charge in [-0.25, -0.2) is 4.98 Å². The van der Waals surface area contributed by atoms with Crippen LogP contribution in [0.1, 0.15) is 57.2 Å². The second kappa shape index (κ2) is 5.33. The maximum Gasteiger partial charge on any atom is 0.140 e. The fourth-order valence-electron chi connectivity index (χ4n) is 2.52. The minimum Gasteiger partial charge on any atom is -0.330 e. The number of aromatic nitrogens is 1. The quantitative estimate of drug-likeness (QED) is 0.901. The minimum atomic E-state index is 0.0598. The number of ketones is 1. The summed E-state index contributed by atoms with van der Waals surface area (Å²) < 4.78 is 0. The van der Waals surface area contributed by atoms with Gasteiger partial charge < -0.3 is 5.73 Å². The number of nitrogens with two attached hydrogens (primary N) is 1. The number of rotatable bonds is 5. The third-order valence-corrected chi connectivity index (χ3v) is 4.94. The van der Waals surface area contributed by atoms with Crippen LogP contribution in [0.3, 0.4) is 0 Å². The monoisotopic (exact) mass is 280 g/mol. The standard InChI is InChI=1S/C15H24N2OS/c1-14(2,3)12-9-19-13(17-12)7-11(18)8-15(10-16)5-4-6-15/h9H,4-8,10,16H2,1-3H3. The molecule has 0 aromatic carbocycles. The van der Waals surface area contributed by atoms with Crippen molar-refractivity contribution in [3.63, 3.8) is 0 Å². The highest BCUT2D eigenvalue weighted by atomic mass is 32.1. The normalized spacial score (nSPS) is 18.1.